The van der Waals surface area contributed by atoms with Crippen LogP contribution in [0.3, 0.4) is 0 Å². The Bertz CT molecular complexity index is 2250. The molecule has 262 valence electrons. The van der Waals surface area contributed by atoms with Crippen LogP contribution in [-0.4, -0.2) is 42.2 Å². The van der Waals surface area contributed by atoms with Crippen molar-refractivity contribution in [1.82, 2.24) is 10.3 Å². The van der Waals surface area contributed by atoms with Gasteiger partial charge in [0, 0.05) is 27.1 Å². The van der Waals surface area contributed by atoms with E-state index in [9.17, 15) is 14.4 Å². The van der Waals surface area contributed by atoms with Gasteiger partial charge < -0.3 is 25.4 Å². The third-order valence-corrected chi connectivity index (χ3v) is 10.2. The number of hydrogen-bond acceptors (Lipinski definition) is 8. The number of hydrogen-bond donors (Lipinski definition) is 3. The molecular weight excluding hydrogens is 693 g/mol. The maximum absolute atomic E-state index is 13.7. The number of rotatable bonds is 13. The second-order valence-corrected chi connectivity index (χ2v) is 13.7. The van der Waals surface area contributed by atoms with Gasteiger partial charge in [0.2, 0.25) is 5.91 Å². The van der Waals surface area contributed by atoms with Crippen molar-refractivity contribution in [1.29, 1.82) is 0 Å². The first-order valence-corrected chi connectivity index (χ1v) is 18.2. The number of carbonyl (C=O) groups excluding carboxylic acids is 3. The number of amides is 3. The van der Waals surface area contributed by atoms with Gasteiger partial charge in [0.1, 0.15) is 5.70 Å². The minimum atomic E-state index is -0.531. The summed E-state index contributed by atoms with van der Waals surface area (Å²) in [4.78, 5) is 45.7. The Morgan fingerprint density at radius 2 is 1.58 bits per heavy atom. The molecule has 0 bridgehead atoms. The van der Waals surface area contributed by atoms with Crippen LogP contribution in [0.2, 0.25) is 0 Å². The first kappa shape index (κ1) is 35.9. The van der Waals surface area contributed by atoms with Crippen molar-refractivity contribution in [3.63, 3.8) is 0 Å². The molecule has 5 aromatic carbocycles. The fraction of sp³-hybridized carbons (Fsp3) is 0.122. The third kappa shape index (κ3) is 8.87. The van der Waals surface area contributed by atoms with E-state index >= 15 is 0 Å². The molecule has 52 heavy (non-hydrogen) atoms. The summed E-state index contributed by atoms with van der Waals surface area (Å²) in [7, 11) is 3.06. The lowest BCUT2D eigenvalue weighted by Crippen LogP contribution is -2.30. The van der Waals surface area contributed by atoms with Crippen LogP contribution >= 0.6 is 23.1 Å². The number of benzene rings is 5. The minimum absolute atomic E-state index is 0.0245. The number of ether oxygens (including phenoxy) is 2. The molecule has 0 saturated heterocycles. The molecule has 9 nitrogen and oxygen atoms in total. The standard InChI is InChI=1S/C41H36N4O5S2/c1-4-37(40(48)45-41-44-34(25-51-41)30-19-18-27-11-8-9-14-29(27)23-30)52-32-16-10-15-31(24-32)42-39(47)33(43-38(46)28-12-6-5-7-13-28)21-26-17-20-35(49-2)36(22-26)50-3/h5-25,37H,4H2,1-3H3,(H,42,47)(H,43,46)(H,44,45,48)/b33-21+. The van der Waals surface area contributed by atoms with E-state index in [0.717, 1.165) is 26.9 Å². The molecule has 0 aliphatic rings. The molecule has 0 aliphatic carbocycles. The summed E-state index contributed by atoms with van der Waals surface area (Å²) in [5.74, 6) is -0.120. The van der Waals surface area contributed by atoms with E-state index in [-0.39, 0.29) is 11.6 Å². The van der Waals surface area contributed by atoms with Crippen molar-refractivity contribution in [3.05, 3.63) is 137 Å². The lowest BCUT2D eigenvalue weighted by molar-refractivity contribution is -0.116. The normalized spacial score (nSPS) is 11.8. The fourth-order valence-electron chi connectivity index (χ4n) is 5.38. The molecule has 6 aromatic rings. The number of anilines is 2. The molecule has 6 rings (SSSR count). The number of aromatic nitrogens is 1. The highest BCUT2D eigenvalue weighted by Gasteiger charge is 2.21. The number of thiazole rings is 1. The van der Waals surface area contributed by atoms with Gasteiger partial charge in [-0.15, -0.1) is 23.1 Å². The summed E-state index contributed by atoms with van der Waals surface area (Å²) in [6, 6.07) is 35.4. The van der Waals surface area contributed by atoms with E-state index in [1.807, 2.05) is 42.6 Å². The highest BCUT2D eigenvalue weighted by atomic mass is 32.2. The lowest BCUT2D eigenvalue weighted by Gasteiger charge is -2.15. The van der Waals surface area contributed by atoms with E-state index in [1.54, 1.807) is 66.7 Å². The van der Waals surface area contributed by atoms with Crippen LogP contribution in [0.5, 0.6) is 11.5 Å². The summed E-state index contributed by atoms with van der Waals surface area (Å²) < 4.78 is 10.8. The topological polar surface area (TPSA) is 119 Å². The van der Waals surface area contributed by atoms with Gasteiger partial charge in [-0.25, -0.2) is 4.98 Å². The Balaban J connectivity index is 1.15. The lowest BCUT2D eigenvalue weighted by atomic mass is 10.1. The predicted molar refractivity (Wildman–Crippen MR) is 210 cm³/mol. The zero-order valence-electron chi connectivity index (χ0n) is 28.7. The maximum atomic E-state index is 13.7. The van der Waals surface area contributed by atoms with Gasteiger partial charge in [0.15, 0.2) is 16.6 Å². The average molecular weight is 729 g/mol. The third-order valence-electron chi connectivity index (χ3n) is 8.06. The van der Waals surface area contributed by atoms with Gasteiger partial charge >= 0.3 is 0 Å². The van der Waals surface area contributed by atoms with Gasteiger partial charge in [-0.2, -0.15) is 0 Å². The average Bonchev–Trinajstić information content (AvgIpc) is 3.65. The van der Waals surface area contributed by atoms with Crippen LogP contribution < -0.4 is 25.4 Å². The van der Waals surface area contributed by atoms with E-state index in [4.69, 9.17) is 9.47 Å². The molecule has 0 spiro atoms. The summed E-state index contributed by atoms with van der Waals surface area (Å²) in [6.07, 6.45) is 2.14. The van der Waals surface area contributed by atoms with Crippen LogP contribution in [0.4, 0.5) is 10.8 Å². The molecule has 3 amide bonds. The van der Waals surface area contributed by atoms with Gasteiger partial charge in [-0.1, -0.05) is 73.7 Å². The molecule has 1 aromatic heterocycles. The second-order valence-electron chi connectivity index (χ2n) is 11.6. The fourth-order valence-corrected chi connectivity index (χ4v) is 7.12. The van der Waals surface area contributed by atoms with Crippen molar-refractivity contribution in [3.8, 4) is 22.8 Å². The number of carbonyl (C=O) groups is 3. The Labute approximate surface area is 310 Å². The summed E-state index contributed by atoms with van der Waals surface area (Å²) in [6.45, 7) is 1.95. The molecule has 0 aliphatic heterocycles. The molecule has 1 atom stereocenters. The van der Waals surface area contributed by atoms with Crippen LogP contribution in [0, 0.1) is 0 Å². The van der Waals surface area contributed by atoms with Crippen molar-refractivity contribution in [2.75, 3.05) is 24.9 Å². The first-order valence-electron chi connectivity index (χ1n) is 16.5. The highest BCUT2D eigenvalue weighted by molar-refractivity contribution is 8.00. The van der Waals surface area contributed by atoms with E-state index in [2.05, 4.69) is 45.2 Å². The van der Waals surface area contributed by atoms with Crippen molar-refractivity contribution >= 4 is 68.5 Å². The Kier molecular flexibility index (Phi) is 11.6. The van der Waals surface area contributed by atoms with Gasteiger partial charge in [-0.05, 0) is 77.4 Å². The number of nitrogens with zero attached hydrogens (tertiary/aromatic N) is 1. The van der Waals surface area contributed by atoms with Crippen LogP contribution in [0.25, 0.3) is 28.1 Å². The zero-order chi connectivity index (χ0) is 36.5. The molecule has 1 unspecified atom stereocenters. The van der Waals surface area contributed by atoms with Crippen LogP contribution in [0.1, 0.15) is 29.3 Å². The SMILES string of the molecule is CCC(Sc1cccc(NC(=O)/C(=C\c2ccc(OC)c(OC)c2)NC(=O)c2ccccc2)c1)C(=O)Nc1nc(-c2ccc3ccccc3c2)cs1. The predicted octanol–water partition coefficient (Wildman–Crippen LogP) is 8.90. The van der Waals surface area contributed by atoms with Crippen LogP contribution in [-0.2, 0) is 9.59 Å². The smallest absolute Gasteiger partial charge is 0.272 e. The molecule has 0 saturated carbocycles. The number of nitrogens with one attached hydrogen (secondary N) is 3. The van der Waals surface area contributed by atoms with Gasteiger partial charge in [0.05, 0.1) is 25.2 Å². The maximum Gasteiger partial charge on any atom is 0.272 e. The van der Waals surface area contributed by atoms with Gasteiger partial charge in [0.25, 0.3) is 11.8 Å². The second kappa shape index (κ2) is 16.9. The van der Waals surface area contributed by atoms with E-state index in [1.165, 1.54) is 37.3 Å². The Morgan fingerprint density at radius 1 is 0.808 bits per heavy atom. The van der Waals surface area contributed by atoms with E-state index in [0.29, 0.717) is 39.9 Å². The molecule has 1 heterocycles. The summed E-state index contributed by atoms with van der Waals surface area (Å²) >= 11 is 2.77. The largest absolute Gasteiger partial charge is 0.493 e. The summed E-state index contributed by atoms with van der Waals surface area (Å²) in [5, 5.41) is 13.0. The molecule has 3 N–H and O–H groups in total. The molecular formula is C41H36N4O5S2. The quantitative estimate of drug-likeness (QED) is 0.0803. The van der Waals surface area contributed by atoms with Crippen LogP contribution in [0.15, 0.2) is 131 Å². The summed E-state index contributed by atoms with van der Waals surface area (Å²) in [5.41, 5.74) is 3.32. The number of fused-ring (bicyclic) bond motifs is 1. The Morgan fingerprint density at radius 3 is 2.35 bits per heavy atom. The number of methoxy groups -OCH3 is 2. The van der Waals surface area contributed by atoms with Gasteiger partial charge in [-0.3, -0.25) is 14.4 Å². The van der Waals surface area contributed by atoms with Crippen molar-refractivity contribution in [2.24, 2.45) is 0 Å². The zero-order valence-corrected chi connectivity index (χ0v) is 30.3. The Hall–Kier alpha value is -5.91. The molecule has 11 heteroatoms. The molecule has 0 fully saturated rings. The first-order chi connectivity index (χ1) is 25.3. The van der Waals surface area contributed by atoms with Crippen molar-refractivity contribution < 1.29 is 23.9 Å². The highest BCUT2D eigenvalue weighted by Crippen LogP contribution is 2.32. The van der Waals surface area contributed by atoms with E-state index < -0.39 is 17.1 Å². The van der Waals surface area contributed by atoms with Crippen molar-refractivity contribution in [2.45, 2.75) is 23.5 Å². The minimum Gasteiger partial charge on any atom is -0.493 e. The molecule has 0 radical (unpaired) electrons. The number of thioether (sulfide) groups is 1. The monoisotopic (exact) mass is 728 g/mol.